The molecule has 1 aromatic carbocycles. The van der Waals surface area contributed by atoms with Crippen LogP contribution in [0, 0.1) is 0 Å². The van der Waals surface area contributed by atoms with Crippen molar-refractivity contribution in [2.24, 2.45) is 0 Å². The van der Waals surface area contributed by atoms with Crippen molar-refractivity contribution in [1.82, 2.24) is 15.5 Å². The molecule has 2 aliphatic carbocycles. The van der Waals surface area contributed by atoms with E-state index in [0.717, 1.165) is 38.5 Å². The fourth-order valence-corrected chi connectivity index (χ4v) is 5.13. The number of ether oxygens (including phenoxy) is 1. The summed E-state index contributed by atoms with van der Waals surface area (Å²) >= 11 is 1.58. The van der Waals surface area contributed by atoms with Crippen molar-refractivity contribution < 1.29 is 24.2 Å². The molecule has 3 amide bonds. The molecule has 2 unspecified atom stereocenters. The Hall–Kier alpha value is -2.42. The number of benzene rings is 1. The van der Waals surface area contributed by atoms with Crippen molar-refractivity contribution in [3.63, 3.8) is 0 Å². The molecule has 2 aliphatic rings. The van der Waals surface area contributed by atoms with E-state index in [9.17, 15) is 19.5 Å². The van der Waals surface area contributed by atoms with E-state index < -0.39 is 23.8 Å². The van der Waals surface area contributed by atoms with Crippen LogP contribution < -0.4 is 10.6 Å². The molecule has 0 saturated heterocycles. The lowest BCUT2D eigenvalue weighted by atomic mass is 9.94. The number of aromatic hydroxyl groups is 1. The Kier molecular flexibility index (Phi) is 9.93. The fraction of sp³-hybridized carbons (Fsp3) is 0.667. The summed E-state index contributed by atoms with van der Waals surface area (Å²) in [6, 6.07) is 4.82. The van der Waals surface area contributed by atoms with Gasteiger partial charge in [-0.15, -0.1) is 0 Å². The molecule has 0 heterocycles. The SMILES string of the molecule is CSCCC(NC(=O)OC(C)(C)C)C(=O)N(C1CC1)C(C(=O)NC1CCCCC1)c1cccc(O)c1. The number of carbonyl (C=O) groups excluding carboxylic acids is 3. The molecule has 0 aromatic heterocycles. The third kappa shape index (κ3) is 8.32. The van der Waals surface area contributed by atoms with Crippen LogP contribution in [0.4, 0.5) is 4.79 Å². The predicted molar refractivity (Wildman–Crippen MR) is 142 cm³/mol. The van der Waals surface area contributed by atoms with Crippen molar-refractivity contribution in [2.45, 2.75) is 102 Å². The zero-order valence-corrected chi connectivity index (χ0v) is 22.7. The highest BCUT2D eigenvalue weighted by atomic mass is 32.2. The molecule has 0 spiro atoms. The summed E-state index contributed by atoms with van der Waals surface area (Å²) in [5.74, 6) is 0.158. The highest BCUT2D eigenvalue weighted by Gasteiger charge is 2.44. The van der Waals surface area contributed by atoms with E-state index in [1.807, 2.05) is 6.26 Å². The second-order valence-corrected chi connectivity index (χ2v) is 11.8. The van der Waals surface area contributed by atoms with Gasteiger partial charge in [0.25, 0.3) is 0 Å². The minimum atomic E-state index is -0.892. The van der Waals surface area contributed by atoms with Crippen LogP contribution in [0.1, 0.15) is 83.7 Å². The highest BCUT2D eigenvalue weighted by molar-refractivity contribution is 7.98. The van der Waals surface area contributed by atoms with Crippen molar-refractivity contribution in [3.8, 4) is 5.75 Å². The normalized spacial score (nSPS) is 18.1. The first-order valence-electron chi connectivity index (χ1n) is 13.0. The average Bonchev–Trinajstić information content (AvgIpc) is 3.64. The van der Waals surface area contributed by atoms with Gasteiger partial charge < -0.3 is 25.4 Å². The van der Waals surface area contributed by atoms with Gasteiger partial charge in [-0.1, -0.05) is 31.4 Å². The number of carbonyl (C=O) groups is 3. The summed E-state index contributed by atoms with van der Waals surface area (Å²) in [6.45, 7) is 5.32. The molecule has 0 bridgehead atoms. The van der Waals surface area contributed by atoms with Crippen LogP contribution in [0.15, 0.2) is 24.3 Å². The molecule has 0 aliphatic heterocycles. The van der Waals surface area contributed by atoms with E-state index in [1.54, 1.807) is 61.7 Å². The molecule has 3 N–H and O–H groups in total. The van der Waals surface area contributed by atoms with Crippen LogP contribution in [0.25, 0.3) is 0 Å². The first kappa shape index (κ1) is 28.2. The molecule has 1 aromatic rings. The predicted octanol–water partition coefficient (Wildman–Crippen LogP) is 4.52. The van der Waals surface area contributed by atoms with E-state index in [-0.39, 0.29) is 29.6 Å². The molecule has 36 heavy (non-hydrogen) atoms. The number of rotatable bonds is 10. The number of alkyl carbamates (subject to hydrolysis) is 1. The van der Waals surface area contributed by atoms with E-state index in [0.29, 0.717) is 17.7 Å². The van der Waals surface area contributed by atoms with Gasteiger partial charge in [0.15, 0.2) is 0 Å². The minimum Gasteiger partial charge on any atom is -0.508 e. The van der Waals surface area contributed by atoms with Gasteiger partial charge in [0, 0.05) is 12.1 Å². The number of hydrogen-bond acceptors (Lipinski definition) is 6. The van der Waals surface area contributed by atoms with Crippen LogP contribution in [0.3, 0.4) is 0 Å². The fourth-order valence-electron chi connectivity index (χ4n) is 4.65. The van der Waals surface area contributed by atoms with Gasteiger partial charge in [-0.2, -0.15) is 11.8 Å². The number of hydrogen-bond donors (Lipinski definition) is 3. The Morgan fingerprint density at radius 1 is 1.14 bits per heavy atom. The van der Waals surface area contributed by atoms with Gasteiger partial charge in [-0.25, -0.2) is 4.79 Å². The van der Waals surface area contributed by atoms with E-state index in [2.05, 4.69) is 10.6 Å². The van der Waals surface area contributed by atoms with E-state index in [1.165, 1.54) is 6.42 Å². The summed E-state index contributed by atoms with van der Waals surface area (Å²) in [4.78, 5) is 42.0. The van der Waals surface area contributed by atoms with Crippen molar-refractivity contribution >= 4 is 29.7 Å². The summed E-state index contributed by atoms with van der Waals surface area (Å²) in [7, 11) is 0. The van der Waals surface area contributed by atoms with Crippen LogP contribution in [-0.2, 0) is 14.3 Å². The van der Waals surface area contributed by atoms with Crippen LogP contribution in [-0.4, -0.2) is 63.6 Å². The van der Waals surface area contributed by atoms with E-state index >= 15 is 0 Å². The van der Waals surface area contributed by atoms with Gasteiger partial charge in [0.05, 0.1) is 0 Å². The van der Waals surface area contributed by atoms with Gasteiger partial charge in [-0.05, 0) is 82.6 Å². The molecule has 3 rings (SSSR count). The Morgan fingerprint density at radius 2 is 1.83 bits per heavy atom. The summed E-state index contributed by atoms with van der Waals surface area (Å²) in [6.07, 6.45) is 8.45. The number of nitrogens with one attached hydrogen (secondary N) is 2. The second-order valence-electron chi connectivity index (χ2n) is 10.8. The van der Waals surface area contributed by atoms with Crippen LogP contribution in [0.2, 0.25) is 0 Å². The second kappa shape index (κ2) is 12.7. The lowest BCUT2D eigenvalue weighted by Crippen LogP contribution is -2.54. The molecule has 2 fully saturated rings. The topological polar surface area (TPSA) is 108 Å². The number of phenols is 1. The summed E-state index contributed by atoms with van der Waals surface area (Å²) in [5.41, 5.74) is -0.137. The number of amides is 3. The minimum absolute atomic E-state index is 0.0389. The highest BCUT2D eigenvalue weighted by Crippen LogP contribution is 2.37. The zero-order chi connectivity index (χ0) is 26.3. The molecule has 9 heteroatoms. The first-order chi connectivity index (χ1) is 17.1. The Balaban J connectivity index is 1.91. The number of nitrogens with zero attached hydrogens (tertiary/aromatic N) is 1. The van der Waals surface area contributed by atoms with Crippen LogP contribution >= 0.6 is 11.8 Å². The van der Waals surface area contributed by atoms with Crippen LogP contribution in [0.5, 0.6) is 5.75 Å². The van der Waals surface area contributed by atoms with Crippen molar-refractivity contribution in [1.29, 1.82) is 0 Å². The third-order valence-corrected chi connectivity index (χ3v) is 7.10. The molecular weight excluding hydrogens is 478 g/mol. The van der Waals surface area contributed by atoms with Gasteiger partial charge in [0.1, 0.15) is 23.4 Å². The maximum Gasteiger partial charge on any atom is 0.408 e. The largest absolute Gasteiger partial charge is 0.508 e. The quantitative estimate of drug-likeness (QED) is 0.420. The maximum absolute atomic E-state index is 14.0. The Bertz CT molecular complexity index is 909. The Labute approximate surface area is 218 Å². The summed E-state index contributed by atoms with van der Waals surface area (Å²) < 4.78 is 5.42. The molecule has 2 atom stereocenters. The standard InChI is InChI=1S/C27H41N3O5S/c1-27(2,3)35-26(34)29-22(15-16-36-4)25(33)30(20-13-14-20)23(18-9-8-12-21(31)17-18)24(32)28-19-10-6-5-7-11-19/h8-9,12,17,19-20,22-23,31H,5-7,10-11,13-16H2,1-4H3,(H,28,32)(H,29,34). The lowest BCUT2D eigenvalue weighted by molar-refractivity contribution is -0.143. The Morgan fingerprint density at radius 3 is 2.42 bits per heavy atom. The molecular formula is C27H41N3O5S. The van der Waals surface area contributed by atoms with Gasteiger partial charge in [-0.3, -0.25) is 9.59 Å². The number of thioether (sulfide) groups is 1. The van der Waals surface area contributed by atoms with Crippen molar-refractivity contribution in [3.05, 3.63) is 29.8 Å². The molecule has 8 nitrogen and oxygen atoms in total. The smallest absolute Gasteiger partial charge is 0.408 e. The monoisotopic (exact) mass is 519 g/mol. The molecule has 200 valence electrons. The molecule has 0 radical (unpaired) electrons. The molecule has 2 saturated carbocycles. The average molecular weight is 520 g/mol. The van der Waals surface area contributed by atoms with Gasteiger partial charge >= 0.3 is 6.09 Å². The number of phenolic OH excluding ortho intramolecular Hbond substituents is 1. The van der Waals surface area contributed by atoms with Crippen molar-refractivity contribution in [2.75, 3.05) is 12.0 Å². The maximum atomic E-state index is 14.0. The summed E-state index contributed by atoms with van der Waals surface area (Å²) in [5, 5.41) is 16.1. The lowest BCUT2D eigenvalue weighted by Gasteiger charge is -2.36. The first-order valence-corrected chi connectivity index (χ1v) is 14.4. The van der Waals surface area contributed by atoms with Gasteiger partial charge in [0.2, 0.25) is 11.8 Å². The third-order valence-electron chi connectivity index (χ3n) is 6.46. The van der Waals surface area contributed by atoms with E-state index in [4.69, 9.17) is 4.74 Å². The zero-order valence-electron chi connectivity index (χ0n) is 21.9.